The van der Waals surface area contributed by atoms with Crippen LogP contribution < -0.4 is 5.32 Å². The van der Waals surface area contributed by atoms with Gasteiger partial charge < -0.3 is 10.1 Å². The fourth-order valence-corrected chi connectivity index (χ4v) is 5.52. The van der Waals surface area contributed by atoms with E-state index in [0.29, 0.717) is 13.1 Å². The molecule has 8 nitrogen and oxygen atoms in total. The van der Waals surface area contributed by atoms with Crippen LogP contribution in [0.5, 0.6) is 0 Å². The summed E-state index contributed by atoms with van der Waals surface area (Å²) in [5.41, 5.74) is 3.46. The first kappa shape index (κ1) is 22.8. The van der Waals surface area contributed by atoms with Crippen LogP contribution in [0.3, 0.4) is 0 Å². The van der Waals surface area contributed by atoms with Crippen molar-refractivity contribution >= 4 is 27.4 Å². The molecule has 0 radical (unpaired) electrons. The fourth-order valence-electron chi connectivity index (χ4n) is 4.55. The van der Waals surface area contributed by atoms with E-state index in [9.17, 15) is 0 Å². The molecule has 1 unspecified atom stereocenters. The lowest BCUT2D eigenvalue weighted by Crippen LogP contribution is -2.36. The predicted molar refractivity (Wildman–Crippen MR) is 142 cm³/mol. The number of nitrogens with zero attached hydrogens (tertiary/aromatic N) is 6. The summed E-state index contributed by atoms with van der Waals surface area (Å²) in [7, 11) is 0. The summed E-state index contributed by atoms with van der Waals surface area (Å²) in [6.45, 7) is 4.60. The molecule has 1 atom stereocenters. The highest BCUT2D eigenvalue weighted by Gasteiger charge is 2.21. The molecule has 1 aliphatic heterocycles. The molecule has 0 amide bonds. The van der Waals surface area contributed by atoms with Crippen LogP contribution in [0, 0.1) is 0 Å². The van der Waals surface area contributed by atoms with Gasteiger partial charge in [-0.25, -0.2) is 15.0 Å². The Kier molecular flexibility index (Phi) is 6.66. The Labute approximate surface area is 213 Å². The smallest absolute Gasteiger partial charge is 0.146 e. The quantitative estimate of drug-likeness (QED) is 0.335. The van der Waals surface area contributed by atoms with Crippen molar-refractivity contribution in [1.29, 1.82) is 0 Å². The monoisotopic (exact) mass is 497 g/mol. The van der Waals surface area contributed by atoms with E-state index in [0.717, 1.165) is 64.9 Å². The standard InChI is InChI=1S/C27H27N7OS/c1-3-7-20(8-4-1)22-17-36-27-25(22)26(31-24(32-27)16-33-11-13-35-14-12-33)30-23(15-34-19-28-18-29-34)21-9-5-2-6-10-21/h1-10,17-19,23H,11-16H2,(H,30,31,32). The molecule has 0 aliphatic carbocycles. The Morgan fingerprint density at radius 1 is 0.972 bits per heavy atom. The van der Waals surface area contributed by atoms with E-state index in [1.165, 1.54) is 0 Å². The van der Waals surface area contributed by atoms with Crippen LogP contribution >= 0.6 is 11.3 Å². The van der Waals surface area contributed by atoms with Gasteiger partial charge in [0.15, 0.2) is 0 Å². The number of benzene rings is 2. The maximum Gasteiger partial charge on any atom is 0.146 e. The second-order valence-electron chi connectivity index (χ2n) is 8.80. The van der Waals surface area contributed by atoms with Gasteiger partial charge in [-0.15, -0.1) is 11.3 Å². The van der Waals surface area contributed by atoms with E-state index < -0.39 is 0 Å². The number of hydrogen-bond acceptors (Lipinski definition) is 8. The molecule has 6 rings (SSSR count). The van der Waals surface area contributed by atoms with Gasteiger partial charge in [0, 0.05) is 24.0 Å². The summed E-state index contributed by atoms with van der Waals surface area (Å²) in [6, 6.07) is 20.8. The molecule has 1 N–H and O–H groups in total. The first-order chi connectivity index (χ1) is 17.8. The van der Waals surface area contributed by atoms with E-state index >= 15 is 0 Å². The molecule has 5 aromatic rings. The molecule has 0 bridgehead atoms. The van der Waals surface area contributed by atoms with E-state index in [1.54, 1.807) is 24.0 Å². The average molecular weight is 498 g/mol. The van der Waals surface area contributed by atoms with Crippen LogP contribution in [0.15, 0.2) is 78.7 Å². The maximum atomic E-state index is 5.53. The van der Waals surface area contributed by atoms with E-state index in [4.69, 9.17) is 14.7 Å². The van der Waals surface area contributed by atoms with Gasteiger partial charge in [-0.2, -0.15) is 5.10 Å². The molecule has 4 heterocycles. The SMILES string of the molecule is c1ccc(-c2csc3nc(CN4CCOCC4)nc(NC(Cn4cncn4)c4ccccc4)c23)cc1. The Morgan fingerprint density at radius 3 is 2.50 bits per heavy atom. The molecule has 0 spiro atoms. The van der Waals surface area contributed by atoms with Crippen LogP contribution in [-0.2, 0) is 17.8 Å². The molecular formula is C27H27N7OS. The molecule has 36 heavy (non-hydrogen) atoms. The fraction of sp³-hybridized carbons (Fsp3) is 0.259. The summed E-state index contributed by atoms with van der Waals surface area (Å²) in [5, 5.41) is 11.4. The Bertz CT molecular complexity index is 1400. The number of thiophene rings is 1. The molecular weight excluding hydrogens is 470 g/mol. The number of morpholine rings is 1. The molecule has 1 saturated heterocycles. The normalized spacial score (nSPS) is 15.2. The lowest BCUT2D eigenvalue weighted by atomic mass is 10.0. The molecule has 0 saturated carbocycles. The largest absolute Gasteiger partial charge is 0.379 e. The second-order valence-corrected chi connectivity index (χ2v) is 9.66. The first-order valence-corrected chi connectivity index (χ1v) is 13.0. The number of ether oxygens (including phenoxy) is 1. The van der Waals surface area contributed by atoms with Gasteiger partial charge in [0.2, 0.25) is 0 Å². The Hall–Kier alpha value is -3.66. The van der Waals surface area contributed by atoms with Gasteiger partial charge in [0.25, 0.3) is 0 Å². The van der Waals surface area contributed by atoms with E-state index in [1.807, 2.05) is 16.8 Å². The van der Waals surface area contributed by atoms with E-state index in [-0.39, 0.29) is 6.04 Å². The van der Waals surface area contributed by atoms with Crippen LogP contribution in [0.1, 0.15) is 17.4 Å². The Balaban J connectivity index is 1.43. The minimum absolute atomic E-state index is 0.0502. The highest BCUT2D eigenvalue weighted by Crippen LogP contribution is 2.38. The molecule has 1 fully saturated rings. The molecule has 182 valence electrons. The zero-order chi connectivity index (χ0) is 24.2. The van der Waals surface area contributed by atoms with Crippen molar-refractivity contribution in [2.45, 2.75) is 19.1 Å². The topological polar surface area (TPSA) is 81.0 Å². The van der Waals surface area contributed by atoms with Gasteiger partial charge in [-0.3, -0.25) is 9.58 Å². The molecule has 1 aliphatic rings. The van der Waals surface area contributed by atoms with Gasteiger partial charge in [0.1, 0.15) is 29.1 Å². The lowest BCUT2D eigenvalue weighted by molar-refractivity contribution is 0.0331. The number of aromatic nitrogens is 5. The highest BCUT2D eigenvalue weighted by atomic mass is 32.1. The Morgan fingerprint density at radius 2 is 1.75 bits per heavy atom. The van der Waals surface area contributed by atoms with Crippen LogP contribution in [0.25, 0.3) is 21.3 Å². The third-order valence-corrected chi connectivity index (χ3v) is 7.25. The van der Waals surface area contributed by atoms with Gasteiger partial charge in [-0.1, -0.05) is 60.7 Å². The van der Waals surface area contributed by atoms with Crippen molar-refractivity contribution in [3.05, 3.63) is 90.1 Å². The van der Waals surface area contributed by atoms with Crippen molar-refractivity contribution in [2.75, 3.05) is 31.6 Å². The zero-order valence-corrected chi connectivity index (χ0v) is 20.6. The van der Waals surface area contributed by atoms with Gasteiger partial charge in [-0.05, 0) is 11.1 Å². The van der Waals surface area contributed by atoms with Crippen LogP contribution in [0.2, 0.25) is 0 Å². The number of fused-ring (bicyclic) bond motifs is 1. The average Bonchev–Trinajstić information content (AvgIpc) is 3.60. The lowest BCUT2D eigenvalue weighted by Gasteiger charge is -2.26. The summed E-state index contributed by atoms with van der Waals surface area (Å²) < 4.78 is 7.38. The maximum absolute atomic E-state index is 5.53. The third-order valence-electron chi connectivity index (χ3n) is 6.38. The van der Waals surface area contributed by atoms with E-state index in [2.05, 4.69) is 74.2 Å². The first-order valence-electron chi connectivity index (χ1n) is 12.1. The predicted octanol–water partition coefficient (Wildman–Crippen LogP) is 4.64. The number of nitrogens with one attached hydrogen (secondary N) is 1. The summed E-state index contributed by atoms with van der Waals surface area (Å²) in [4.78, 5) is 17.6. The van der Waals surface area contributed by atoms with Crippen LogP contribution in [-0.4, -0.2) is 55.9 Å². The summed E-state index contributed by atoms with van der Waals surface area (Å²) >= 11 is 1.67. The summed E-state index contributed by atoms with van der Waals surface area (Å²) in [5.74, 6) is 1.67. The second kappa shape index (κ2) is 10.5. The molecule has 9 heteroatoms. The molecule has 2 aromatic carbocycles. The van der Waals surface area contributed by atoms with Crippen LogP contribution in [0.4, 0.5) is 5.82 Å². The zero-order valence-electron chi connectivity index (χ0n) is 19.8. The minimum Gasteiger partial charge on any atom is -0.379 e. The highest BCUT2D eigenvalue weighted by molar-refractivity contribution is 7.17. The minimum atomic E-state index is -0.0502. The number of rotatable bonds is 8. The van der Waals surface area contributed by atoms with Crippen molar-refractivity contribution in [3.8, 4) is 11.1 Å². The van der Waals surface area contributed by atoms with Crippen molar-refractivity contribution < 1.29 is 4.74 Å². The number of hydrogen-bond donors (Lipinski definition) is 1. The third kappa shape index (κ3) is 4.99. The van der Waals surface area contributed by atoms with Crippen molar-refractivity contribution in [2.24, 2.45) is 0 Å². The van der Waals surface area contributed by atoms with Crippen molar-refractivity contribution in [1.82, 2.24) is 29.6 Å². The molecule has 3 aromatic heterocycles. The van der Waals surface area contributed by atoms with Crippen molar-refractivity contribution in [3.63, 3.8) is 0 Å². The van der Waals surface area contributed by atoms with Gasteiger partial charge in [0.05, 0.1) is 37.7 Å². The van der Waals surface area contributed by atoms with Gasteiger partial charge >= 0.3 is 0 Å². The number of anilines is 1. The summed E-state index contributed by atoms with van der Waals surface area (Å²) in [6.07, 6.45) is 3.31.